The van der Waals surface area contributed by atoms with Gasteiger partial charge in [-0.05, 0) is 62.9 Å². The number of piperidine rings is 1. The lowest BCUT2D eigenvalue weighted by Crippen LogP contribution is -2.27. The third-order valence-corrected chi connectivity index (χ3v) is 4.38. The van der Waals surface area contributed by atoms with Crippen molar-refractivity contribution in [3.05, 3.63) is 30.0 Å². The van der Waals surface area contributed by atoms with Crippen LogP contribution >= 0.6 is 0 Å². The predicted molar refractivity (Wildman–Crippen MR) is 87.9 cm³/mol. The highest BCUT2D eigenvalue weighted by molar-refractivity contribution is 5.92. The fourth-order valence-corrected chi connectivity index (χ4v) is 3.02. The van der Waals surface area contributed by atoms with E-state index in [0.29, 0.717) is 17.9 Å². The minimum absolute atomic E-state index is 0.245. The zero-order chi connectivity index (χ0) is 16.1. The van der Waals surface area contributed by atoms with Crippen LogP contribution in [0.3, 0.4) is 0 Å². The predicted octanol–water partition coefficient (Wildman–Crippen LogP) is 3.38. The number of hydrogen-bond donors (Lipinski definition) is 1. The lowest BCUT2D eigenvalue weighted by atomic mass is 9.93. The second kappa shape index (κ2) is 7.51. The van der Waals surface area contributed by atoms with E-state index in [2.05, 4.69) is 5.32 Å². The highest BCUT2D eigenvalue weighted by atomic mass is 16.5. The van der Waals surface area contributed by atoms with Crippen LogP contribution in [0.4, 0.5) is 0 Å². The summed E-state index contributed by atoms with van der Waals surface area (Å²) in [6, 6.07) is 7.19. The molecular weight excluding hydrogens is 294 g/mol. The van der Waals surface area contributed by atoms with Gasteiger partial charge in [0, 0.05) is 11.5 Å². The van der Waals surface area contributed by atoms with E-state index in [4.69, 9.17) is 13.9 Å². The van der Waals surface area contributed by atoms with E-state index in [-0.39, 0.29) is 5.76 Å². The average molecular weight is 317 g/mol. The lowest BCUT2D eigenvalue weighted by Gasteiger charge is -2.22. The van der Waals surface area contributed by atoms with Gasteiger partial charge < -0.3 is 19.2 Å². The Hall–Kier alpha value is -2.01. The molecule has 0 spiro atoms. The number of carbonyl (C=O) groups is 1. The first kappa shape index (κ1) is 15.9. The van der Waals surface area contributed by atoms with Crippen LogP contribution in [-0.4, -0.2) is 32.8 Å². The van der Waals surface area contributed by atoms with Gasteiger partial charge in [0.15, 0.2) is 0 Å². The molecule has 1 aliphatic heterocycles. The van der Waals surface area contributed by atoms with Crippen molar-refractivity contribution in [1.82, 2.24) is 5.32 Å². The summed E-state index contributed by atoms with van der Waals surface area (Å²) in [5.74, 6) is 1.31. The van der Waals surface area contributed by atoms with E-state index < -0.39 is 5.97 Å². The minimum atomic E-state index is -0.398. The summed E-state index contributed by atoms with van der Waals surface area (Å²) in [4.78, 5) is 12.1. The molecule has 0 unspecified atom stereocenters. The van der Waals surface area contributed by atoms with Gasteiger partial charge in [-0.25, -0.2) is 4.79 Å². The van der Waals surface area contributed by atoms with E-state index in [1.54, 1.807) is 19.2 Å². The van der Waals surface area contributed by atoms with Crippen LogP contribution < -0.4 is 10.1 Å². The number of esters is 1. The van der Waals surface area contributed by atoms with E-state index in [9.17, 15) is 4.79 Å². The number of nitrogens with one attached hydrogen (secondary N) is 1. The summed E-state index contributed by atoms with van der Waals surface area (Å²) in [6.07, 6.45) is 4.47. The Morgan fingerprint density at radius 3 is 2.91 bits per heavy atom. The number of benzene rings is 1. The van der Waals surface area contributed by atoms with Crippen LogP contribution in [0.2, 0.25) is 0 Å². The Balaban J connectivity index is 1.49. The monoisotopic (exact) mass is 317 g/mol. The molecular formula is C18H23NO4. The number of methoxy groups -OCH3 is 1. The molecule has 0 aliphatic carbocycles. The number of rotatable bonds is 6. The molecule has 5 heteroatoms. The molecule has 0 bridgehead atoms. The molecule has 1 aromatic carbocycles. The largest absolute Gasteiger partial charge is 0.497 e. The normalized spacial score (nSPS) is 15.7. The van der Waals surface area contributed by atoms with Crippen LogP contribution in [0.5, 0.6) is 5.75 Å². The Kier molecular flexibility index (Phi) is 5.18. The third-order valence-electron chi connectivity index (χ3n) is 4.38. The van der Waals surface area contributed by atoms with Crippen molar-refractivity contribution in [2.45, 2.75) is 25.7 Å². The first-order valence-corrected chi connectivity index (χ1v) is 8.21. The van der Waals surface area contributed by atoms with Crippen LogP contribution in [-0.2, 0) is 4.74 Å². The summed E-state index contributed by atoms with van der Waals surface area (Å²) in [5.41, 5.74) is 0.631. The Labute approximate surface area is 135 Å². The van der Waals surface area contributed by atoms with E-state index in [1.165, 1.54) is 12.8 Å². The second-order valence-corrected chi connectivity index (χ2v) is 5.99. The van der Waals surface area contributed by atoms with Gasteiger partial charge in [0.05, 0.1) is 13.7 Å². The fourth-order valence-electron chi connectivity index (χ4n) is 3.02. The number of hydrogen-bond acceptors (Lipinski definition) is 5. The molecule has 1 aliphatic rings. The van der Waals surface area contributed by atoms with Gasteiger partial charge in [0.25, 0.3) is 0 Å². The van der Waals surface area contributed by atoms with Crippen molar-refractivity contribution in [1.29, 1.82) is 0 Å². The first-order chi connectivity index (χ1) is 11.3. The van der Waals surface area contributed by atoms with Gasteiger partial charge >= 0.3 is 5.97 Å². The molecule has 0 amide bonds. The molecule has 0 saturated carbocycles. The minimum Gasteiger partial charge on any atom is -0.497 e. The Morgan fingerprint density at radius 1 is 1.30 bits per heavy atom. The molecule has 0 atom stereocenters. The fraction of sp³-hybridized carbons (Fsp3) is 0.500. The molecule has 1 N–H and O–H groups in total. The summed E-state index contributed by atoms with van der Waals surface area (Å²) < 4.78 is 16.0. The van der Waals surface area contributed by atoms with Crippen molar-refractivity contribution in [2.75, 3.05) is 26.8 Å². The maximum Gasteiger partial charge on any atom is 0.374 e. The highest BCUT2D eigenvalue weighted by Crippen LogP contribution is 2.24. The topological polar surface area (TPSA) is 60.7 Å². The van der Waals surface area contributed by atoms with Crippen molar-refractivity contribution < 1.29 is 18.7 Å². The Morgan fingerprint density at radius 2 is 2.13 bits per heavy atom. The maximum absolute atomic E-state index is 12.1. The van der Waals surface area contributed by atoms with Gasteiger partial charge in [0.2, 0.25) is 5.76 Å². The third kappa shape index (κ3) is 4.05. The smallest absolute Gasteiger partial charge is 0.374 e. The van der Waals surface area contributed by atoms with Crippen LogP contribution in [0.15, 0.2) is 28.7 Å². The lowest BCUT2D eigenvalue weighted by molar-refractivity contribution is 0.0458. The molecule has 124 valence electrons. The van der Waals surface area contributed by atoms with E-state index in [1.807, 2.05) is 12.1 Å². The number of furan rings is 1. The van der Waals surface area contributed by atoms with E-state index >= 15 is 0 Å². The second-order valence-electron chi connectivity index (χ2n) is 5.99. The van der Waals surface area contributed by atoms with Gasteiger partial charge in [-0.1, -0.05) is 0 Å². The molecule has 0 radical (unpaired) electrons. The van der Waals surface area contributed by atoms with Gasteiger partial charge in [0.1, 0.15) is 11.3 Å². The van der Waals surface area contributed by atoms with Gasteiger partial charge in [-0.2, -0.15) is 0 Å². The zero-order valence-electron chi connectivity index (χ0n) is 13.5. The molecule has 23 heavy (non-hydrogen) atoms. The number of fused-ring (bicyclic) bond motifs is 1. The molecule has 1 fully saturated rings. The van der Waals surface area contributed by atoms with E-state index in [0.717, 1.165) is 37.2 Å². The van der Waals surface area contributed by atoms with Crippen molar-refractivity contribution in [3.63, 3.8) is 0 Å². The summed E-state index contributed by atoms with van der Waals surface area (Å²) >= 11 is 0. The number of carbonyl (C=O) groups excluding carboxylic acids is 1. The molecule has 5 nitrogen and oxygen atoms in total. The standard InChI is InChI=1S/C18H23NO4/c1-21-15-5-4-14-11-17(23-16(14)12-15)18(20)22-10-2-3-13-6-8-19-9-7-13/h4-5,11-13,19H,2-3,6-10H2,1H3. The maximum atomic E-state index is 12.1. The summed E-state index contributed by atoms with van der Waals surface area (Å²) in [5, 5.41) is 4.23. The summed E-state index contributed by atoms with van der Waals surface area (Å²) in [7, 11) is 1.60. The molecule has 3 rings (SSSR count). The van der Waals surface area contributed by atoms with Crippen molar-refractivity contribution >= 4 is 16.9 Å². The highest BCUT2D eigenvalue weighted by Gasteiger charge is 2.16. The van der Waals surface area contributed by atoms with Gasteiger partial charge in [-0.15, -0.1) is 0 Å². The molecule has 1 aromatic heterocycles. The molecule has 2 heterocycles. The summed E-state index contributed by atoms with van der Waals surface area (Å²) in [6.45, 7) is 2.66. The quantitative estimate of drug-likeness (QED) is 0.654. The average Bonchev–Trinajstić information content (AvgIpc) is 3.02. The van der Waals surface area contributed by atoms with Crippen molar-refractivity contribution in [2.24, 2.45) is 5.92 Å². The van der Waals surface area contributed by atoms with Crippen molar-refractivity contribution in [3.8, 4) is 5.75 Å². The Bertz CT molecular complexity index is 658. The SMILES string of the molecule is COc1ccc2cc(C(=O)OCCCC3CCNCC3)oc2c1. The molecule has 2 aromatic rings. The van der Waals surface area contributed by atoms with Crippen LogP contribution in [0, 0.1) is 5.92 Å². The molecule has 1 saturated heterocycles. The van der Waals surface area contributed by atoms with Gasteiger partial charge in [-0.3, -0.25) is 0 Å². The number of ether oxygens (including phenoxy) is 2. The first-order valence-electron chi connectivity index (χ1n) is 8.21. The van der Waals surface area contributed by atoms with Crippen LogP contribution in [0.1, 0.15) is 36.2 Å². The zero-order valence-corrected chi connectivity index (χ0v) is 13.5. The van der Waals surface area contributed by atoms with Crippen LogP contribution in [0.25, 0.3) is 11.0 Å².